The number of nitrogens with zero attached hydrogens (tertiary/aromatic N) is 4. The van der Waals surface area contributed by atoms with E-state index in [1.54, 1.807) is 18.0 Å². The minimum Gasteiger partial charge on any atom is -0.493 e. The number of methoxy groups -OCH3 is 1. The highest BCUT2D eigenvalue weighted by molar-refractivity contribution is 7.99. The predicted octanol–water partition coefficient (Wildman–Crippen LogP) is 0.683. The zero-order valence-corrected chi connectivity index (χ0v) is 14.0. The highest BCUT2D eigenvalue weighted by atomic mass is 32.2. The van der Waals surface area contributed by atoms with E-state index in [4.69, 9.17) is 4.74 Å². The van der Waals surface area contributed by atoms with Crippen LogP contribution in [0.1, 0.15) is 10.5 Å². The topological polar surface area (TPSA) is 50.6 Å². The molecular weight excluding hydrogens is 288 g/mol. The molecule has 1 aliphatic rings. The third kappa shape index (κ3) is 3.78. The van der Waals surface area contributed by atoms with Gasteiger partial charge in [-0.15, -0.1) is 0 Å². The molecule has 21 heavy (non-hydrogen) atoms. The molecular formula is C14H24N4O2S. The summed E-state index contributed by atoms with van der Waals surface area (Å²) in [6.07, 6.45) is 1.64. The van der Waals surface area contributed by atoms with Gasteiger partial charge >= 0.3 is 0 Å². The molecule has 0 bridgehead atoms. The van der Waals surface area contributed by atoms with Crippen molar-refractivity contribution in [3.05, 3.63) is 11.9 Å². The van der Waals surface area contributed by atoms with Crippen LogP contribution >= 0.6 is 11.8 Å². The van der Waals surface area contributed by atoms with Crippen LogP contribution in [0.2, 0.25) is 0 Å². The zero-order chi connectivity index (χ0) is 15.4. The number of carbonyl (C=O) groups is 1. The van der Waals surface area contributed by atoms with Gasteiger partial charge in [-0.25, -0.2) is 0 Å². The van der Waals surface area contributed by atoms with Crippen LogP contribution in [0.4, 0.5) is 0 Å². The average Bonchev–Trinajstić information content (AvgIpc) is 2.87. The number of Topliss-reactive ketones (excluding diaryl/α,β-unsaturated/α-hetero) is 1. The Kier molecular flexibility index (Phi) is 5.66. The summed E-state index contributed by atoms with van der Waals surface area (Å²) >= 11 is 1.83. The number of thioether (sulfide) groups is 1. The van der Waals surface area contributed by atoms with Gasteiger partial charge in [-0.05, 0) is 21.1 Å². The maximum absolute atomic E-state index is 12.9. The van der Waals surface area contributed by atoms with Gasteiger partial charge < -0.3 is 9.64 Å². The Hall–Kier alpha value is -1.05. The van der Waals surface area contributed by atoms with Gasteiger partial charge in [-0.2, -0.15) is 16.9 Å². The van der Waals surface area contributed by atoms with E-state index in [1.165, 1.54) is 0 Å². The van der Waals surface area contributed by atoms with E-state index >= 15 is 0 Å². The molecule has 118 valence electrons. The lowest BCUT2D eigenvalue weighted by Gasteiger charge is -2.31. The molecule has 1 aromatic rings. The van der Waals surface area contributed by atoms with Crippen molar-refractivity contribution in [3.63, 3.8) is 0 Å². The third-order valence-electron chi connectivity index (χ3n) is 3.72. The van der Waals surface area contributed by atoms with Gasteiger partial charge in [0.05, 0.1) is 25.9 Å². The number of hydrogen-bond acceptors (Lipinski definition) is 6. The smallest absolute Gasteiger partial charge is 0.202 e. The minimum atomic E-state index is -0.0903. The largest absolute Gasteiger partial charge is 0.493 e. The molecule has 6 nitrogen and oxygen atoms in total. The normalized spacial score (nSPS) is 20.0. The number of ether oxygens (including phenoxy) is 1. The van der Waals surface area contributed by atoms with Crippen LogP contribution in [0.5, 0.6) is 5.75 Å². The van der Waals surface area contributed by atoms with E-state index in [9.17, 15) is 4.79 Å². The molecule has 0 amide bonds. The molecule has 0 aliphatic carbocycles. The van der Waals surface area contributed by atoms with E-state index in [2.05, 4.69) is 14.9 Å². The lowest BCUT2D eigenvalue weighted by atomic mass is 10.1. The molecule has 1 aliphatic heterocycles. The summed E-state index contributed by atoms with van der Waals surface area (Å²) in [4.78, 5) is 17.1. The Labute approximate surface area is 130 Å². The standard InChI is InChI=1S/C14H24N4O2S/c1-16(2)5-6-18-13(12(20-4)9-15-18)14(19)11-10-21-8-7-17(11)3/h9,11H,5-8,10H2,1-4H3. The molecule has 0 spiro atoms. The maximum atomic E-state index is 12.9. The minimum absolute atomic E-state index is 0.0903. The predicted molar refractivity (Wildman–Crippen MR) is 85.4 cm³/mol. The lowest BCUT2D eigenvalue weighted by Crippen LogP contribution is -2.45. The van der Waals surface area contributed by atoms with Gasteiger partial charge in [0.25, 0.3) is 0 Å². The number of hydrogen-bond donors (Lipinski definition) is 0. The Morgan fingerprint density at radius 1 is 1.57 bits per heavy atom. The van der Waals surface area contributed by atoms with Crippen LogP contribution in [0.15, 0.2) is 6.20 Å². The Morgan fingerprint density at radius 3 is 2.95 bits per heavy atom. The fourth-order valence-electron chi connectivity index (χ4n) is 2.35. The van der Waals surface area contributed by atoms with Gasteiger partial charge in [0.2, 0.25) is 5.78 Å². The van der Waals surface area contributed by atoms with Gasteiger partial charge in [-0.1, -0.05) is 0 Å². The van der Waals surface area contributed by atoms with Crippen LogP contribution in [-0.2, 0) is 6.54 Å². The Balaban J connectivity index is 2.23. The van der Waals surface area contributed by atoms with E-state index in [1.807, 2.05) is 32.9 Å². The van der Waals surface area contributed by atoms with E-state index in [0.29, 0.717) is 18.0 Å². The van der Waals surface area contributed by atoms with Crippen molar-refractivity contribution >= 4 is 17.5 Å². The first-order valence-electron chi connectivity index (χ1n) is 7.11. The van der Waals surface area contributed by atoms with Crippen molar-refractivity contribution in [3.8, 4) is 5.75 Å². The molecule has 0 N–H and O–H groups in total. The van der Waals surface area contributed by atoms with Crippen molar-refractivity contribution in [1.29, 1.82) is 0 Å². The fraction of sp³-hybridized carbons (Fsp3) is 0.714. The molecule has 1 unspecified atom stereocenters. The van der Waals surface area contributed by atoms with Crippen molar-refractivity contribution < 1.29 is 9.53 Å². The molecule has 2 rings (SSSR count). The first-order valence-corrected chi connectivity index (χ1v) is 8.26. The number of aromatic nitrogens is 2. The molecule has 1 aromatic heterocycles. The van der Waals surface area contributed by atoms with E-state index < -0.39 is 0 Å². The molecule has 7 heteroatoms. The SMILES string of the molecule is COc1cnn(CCN(C)C)c1C(=O)C1CSCCN1C. The lowest BCUT2D eigenvalue weighted by molar-refractivity contribution is 0.0859. The summed E-state index contributed by atoms with van der Waals surface area (Å²) in [5.74, 6) is 2.59. The monoisotopic (exact) mass is 312 g/mol. The third-order valence-corrected chi connectivity index (χ3v) is 4.74. The second-order valence-electron chi connectivity index (χ2n) is 5.52. The van der Waals surface area contributed by atoms with Gasteiger partial charge in [0.15, 0.2) is 5.75 Å². The molecule has 1 atom stereocenters. The van der Waals surface area contributed by atoms with Gasteiger partial charge in [-0.3, -0.25) is 14.4 Å². The second kappa shape index (κ2) is 7.29. The molecule has 1 saturated heterocycles. The summed E-state index contributed by atoms with van der Waals surface area (Å²) in [7, 11) is 7.61. The highest BCUT2D eigenvalue weighted by Crippen LogP contribution is 2.24. The van der Waals surface area contributed by atoms with Crippen molar-refractivity contribution in [2.24, 2.45) is 0 Å². The first-order chi connectivity index (χ1) is 10.0. The molecule has 0 aromatic carbocycles. The van der Waals surface area contributed by atoms with E-state index in [-0.39, 0.29) is 11.8 Å². The summed E-state index contributed by atoms with van der Waals surface area (Å²) in [5.41, 5.74) is 0.596. The average molecular weight is 312 g/mol. The van der Waals surface area contributed by atoms with Crippen LogP contribution < -0.4 is 4.74 Å². The molecule has 0 saturated carbocycles. The summed E-state index contributed by atoms with van der Waals surface area (Å²) in [6.45, 7) is 2.45. The number of rotatable bonds is 6. The highest BCUT2D eigenvalue weighted by Gasteiger charge is 2.31. The molecule has 2 heterocycles. The van der Waals surface area contributed by atoms with Crippen LogP contribution in [0, 0.1) is 0 Å². The number of carbonyl (C=O) groups excluding carboxylic acids is 1. The fourth-order valence-corrected chi connectivity index (χ4v) is 3.56. The Morgan fingerprint density at radius 2 is 2.33 bits per heavy atom. The second-order valence-corrected chi connectivity index (χ2v) is 6.67. The number of ketones is 1. The van der Waals surface area contributed by atoms with Crippen molar-refractivity contribution in [2.75, 3.05) is 52.8 Å². The van der Waals surface area contributed by atoms with Gasteiger partial charge in [0.1, 0.15) is 5.69 Å². The van der Waals surface area contributed by atoms with Crippen molar-refractivity contribution in [2.45, 2.75) is 12.6 Å². The van der Waals surface area contributed by atoms with Crippen LogP contribution in [-0.4, -0.2) is 84.3 Å². The maximum Gasteiger partial charge on any atom is 0.202 e. The molecule has 0 radical (unpaired) electrons. The summed E-state index contributed by atoms with van der Waals surface area (Å²) < 4.78 is 7.11. The summed E-state index contributed by atoms with van der Waals surface area (Å²) in [5, 5.41) is 4.32. The number of likely N-dealkylation sites (N-methyl/N-ethyl adjacent to an activating group) is 2. The summed E-state index contributed by atoms with van der Waals surface area (Å²) in [6, 6.07) is -0.0903. The zero-order valence-electron chi connectivity index (χ0n) is 13.2. The van der Waals surface area contributed by atoms with Crippen molar-refractivity contribution in [1.82, 2.24) is 19.6 Å². The van der Waals surface area contributed by atoms with Gasteiger partial charge in [0, 0.05) is 24.6 Å². The first kappa shape index (κ1) is 16.3. The van der Waals surface area contributed by atoms with Crippen LogP contribution in [0.3, 0.4) is 0 Å². The van der Waals surface area contributed by atoms with E-state index in [0.717, 1.165) is 24.6 Å². The van der Waals surface area contributed by atoms with Crippen LogP contribution in [0.25, 0.3) is 0 Å². The quantitative estimate of drug-likeness (QED) is 0.720. The molecule has 1 fully saturated rings. The Bertz CT molecular complexity index is 489.